The Morgan fingerprint density at radius 2 is 1.36 bits per heavy atom. The molecule has 0 aliphatic heterocycles. The molecule has 0 bridgehead atoms. The summed E-state index contributed by atoms with van der Waals surface area (Å²) in [5.41, 5.74) is 1.21. The molecule has 0 saturated carbocycles. The van der Waals surface area contributed by atoms with E-state index in [4.69, 9.17) is 8.85 Å². The van der Waals surface area contributed by atoms with Crippen LogP contribution in [0.2, 0.25) is 25.3 Å². The third-order valence-corrected chi connectivity index (χ3v) is 9.92. The first kappa shape index (κ1) is 14.4. The Morgan fingerprint density at radius 1 is 1.00 bits per heavy atom. The molecular weight excluding hydrogens is 208 g/mol. The standard InChI is InChI=1S/C10H26O2Si2/c1-9(2)11-14(7,8-13(5)6)12-10(3)4/h9-10,13H,8H2,1-7H3. The molecule has 0 aromatic rings. The minimum atomic E-state index is -1.88. The molecule has 0 saturated heterocycles. The van der Waals surface area contributed by atoms with Gasteiger partial charge in [0.1, 0.15) is 0 Å². The van der Waals surface area contributed by atoms with E-state index >= 15 is 0 Å². The van der Waals surface area contributed by atoms with Gasteiger partial charge in [0, 0.05) is 21.0 Å². The van der Waals surface area contributed by atoms with Crippen molar-refractivity contribution in [2.45, 2.75) is 65.2 Å². The molecule has 0 atom stereocenters. The van der Waals surface area contributed by atoms with Gasteiger partial charge in [0.25, 0.3) is 0 Å². The smallest absolute Gasteiger partial charge is 0.332 e. The summed E-state index contributed by atoms with van der Waals surface area (Å²) in [4.78, 5) is 0. The molecule has 0 amide bonds. The van der Waals surface area contributed by atoms with Gasteiger partial charge in [0.2, 0.25) is 0 Å². The summed E-state index contributed by atoms with van der Waals surface area (Å²) >= 11 is 0. The maximum atomic E-state index is 6.01. The molecule has 2 nitrogen and oxygen atoms in total. The van der Waals surface area contributed by atoms with Crippen molar-refractivity contribution in [1.82, 2.24) is 0 Å². The fraction of sp³-hybridized carbons (Fsp3) is 1.00. The molecule has 0 aromatic heterocycles. The van der Waals surface area contributed by atoms with E-state index < -0.39 is 17.4 Å². The first-order chi connectivity index (χ1) is 6.25. The van der Waals surface area contributed by atoms with Crippen LogP contribution < -0.4 is 0 Å². The van der Waals surface area contributed by atoms with E-state index in [1.807, 2.05) is 0 Å². The first-order valence-corrected chi connectivity index (χ1v) is 11.3. The van der Waals surface area contributed by atoms with Crippen LogP contribution in [0.25, 0.3) is 0 Å². The Labute approximate surface area is 91.9 Å². The van der Waals surface area contributed by atoms with Gasteiger partial charge in [-0.25, -0.2) is 0 Å². The van der Waals surface area contributed by atoms with Gasteiger partial charge in [0.15, 0.2) is 0 Å². The summed E-state index contributed by atoms with van der Waals surface area (Å²) in [7, 11) is -2.48. The zero-order chi connectivity index (χ0) is 11.4. The summed E-state index contributed by atoms with van der Waals surface area (Å²) in [6.45, 7) is 15.3. The Hall–Kier alpha value is 0.354. The monoisotopic (exact) mass is 234 g/mol. The minimum absolute atomic E-state index is 0.290. The second kappa shape index (κ2) is 6.05. The van der Waals surface area contributed by atoms with Gasteiger partial charge < -0.3 is 8.85 Å². The fourth-order valence-corrected chi connectivity index (χ4v) is 10.6. The average Bonchev–Trinajstić information content (AvgIpc) is 1.76. The predicted molar refractivity (Wildman–Crippen MR) is 67.7 cm³/mol. The third-order valence-electron chi connectivity index (χ3n) is 1.75. The van der Waals surface area contributed by atoms with E-state index in [2.05, 4.69) is 47.3 Å². The molecular formula is C10H26O2Si2. The van der Waals surface area contributed by atoms with E-state index in [-0.39, 0.29) is 12.2 Å². The number of hydrogen-bond acceptors (Lipinski definition) is 2. The summed E-state index contributed by atoms with van der Waals surface area (Å²) < 4.78 is 12.0. The zero-order valence-corrected chi connectivity index (χ0v) is 12.9. The maximum absolute atomic E-state index is 6.01. The SMILES string of the molecule is CC(C)O[Si](C)(C[SiH](C)C)OC(C)C. The van der Waals surface area contributed by atoms with Crippen LogP contribution in [-0.2, 0) is 8.85 Å². The molecule has 0 heterocycles. The lowest BCUT2D eigenvalue weighted by Crippen LogP contribution is -2.45. The molecule has 0 aromatic carbocycles. The predicted octanol–water partition coefficient (Wildman–Crippen LogP) is 2.93. The van der Waals surface area contributed by atoms with Crippen LogP contribution in [0.3, 0.4) is 0 Å². The Kier molecular flexibility index (Phi) is 6.20. The highest BCUT2D eigenvalue weighted by atomic mass is 28.4. The summed E-state index contributed by atoms with van der Waals surface area (Å²) in [5, 5.41) is 0. The number of rotatable bonds is 6. The van der Waals surface area contributed by atoms with E-state index in [1.165, 1.54) is 5.67 Å². The summed E-state index contributed by atoms with van der Waals surface area (Å²) in [5.74, 6) is 0. The summed E-state index contributed by atoms with van der Waals surface area (Å²) in [6, 6.07) is 0. The summed E-state index contributed by atoms with van der Waals surface area (Å²) in [6.07, 6.45) is 0.580. The van der Waals surface area contributed by atoms with E-state index in [0.717, 1.165) is 0 Å². The molecule has 14 heavy (non-hydrogen) atoms. The van der Waals surface area contributed by atoms with Gasteiger partial charge >= 0.3 is 8.56 Å². The Morgan fingerprint density at radius 3 is 1.57 bits per heavy atom. The van der Waals surface area contributed by atoms with Gasteiger partial charge in [0.05, 0.1) is 0 Å². The van der Waals surface area contributed by atoms with Gasteiger partial charge in [-0.3, -0.25) is 0 Å². The Balaban J connectivity index is 4.32. The van der Waals surface area contributed by atoms with Gasteiger partial charge in [-0.1, -0.05) is 13.1 Å². The highest BCUT2D eigenvalue weighted by Gasteiger charge is 2.34. The molecule has 0 rings (SSSR count). The van der Waals surface area contributed by atoms with Crippen LogP contribution in [0, 0.1) is 0 Å². The normalized spacial score (nSPS) is 13.3. The lowest BCUT2D eigenvalue weighted by molar-refractivity contribution is 0.113. The molecule has 0 N–H and O–H groups in total. The lowest BCUT2D eigenvalue weighted by atomic mass is 10.5. The molecule has 86 valence electrons. The maximum Gasteiger partial charge on any atom is 0.332 e. The molecule has 0 spiro atoms. The van der Waals surface area contributed by atoms with Gasteiger partial charge in [-0.2, -0.15) is 0 Å². The van der Waals surface area contributed by atoms with Crippen molar-refractivity contribution < 1.29 is 8.85 Å². The Bertz CT molecular complexity index is 132. The molecule has 0 fully saturated rings. The molecule has 0 aliphatic carbocycles. The fourth-order valence-electron chi connectivity index (χ4n) is 1.86. The molecule has 0 radical (unpaired) electrons. The van der Waals surface area contributed by atoms with E-state index in [1.54, 1.807) is 0 Å². The van der Waals surface area contributed by atoms with Crippen molar-refractivity contribution in [3.8, 4) is 0 Å². The van der Waals surface area contributed by atoms with Crippen molar-refractivity contribution in [3.05, 3.63) is 0 Å². The van der Waals surface area contributed by atoms with E-state index in [9.17, 15) is 0 Å². The van der Waals surface area contributed by atoms with Crippen molar-refractivity contribution in [2.24, 2.45) is 0 Å². The highest BCUT2D eigenvalue weighted by molar-refractivity contribution is 6.80. The van der Waals surface area contributed by atoms with Crippen LogP contribution in [0.1, 0.15) is 27.7 Å². The van der Waals surface area contributed by atoms with Crippen LogP contribution in [-0.4, -0.2) is 29.6 Å². The van der Waals surface area contributed by atoms with Crippen molar-refractivity contribution >= 4 is 17.4 Å². The van der Waals surface area contributed by atoms with Crippen molar-refractivity contribution in [1.29, 1.82) is 0 Å². The van der Waals surface area contributed by atoms with Crippen LogP contribution in [0.15, 0.2) is 0 Å². The van der Waals surface area contributed by atoms with Crippen molar-refractivity contribution in [3.63, 3.8) is 0 Å². The molecule has 0 aliphatic rings. The van der Waals surface area contributed by atoms with Crippen LogP contribution in [0.5, 0.6) is 0 Å². The van der Waals surface area contributed by atoms with Crippen molar-refractivity contribution in [2.75, 3.05) is 0 Å². The largest absolute Gasteiger partial charge is 0.392 e. The van der Waals surface area contributed by atoms with E-state index in [0.29, 0.717) is 0 Å². The topological polar surface area (TPSA) is 18.5 Å². The average molecular weight is 234 g/mol. The van der Waals surface area contributed by atoms with Gasteiger partial charge in [-0.05, 0) is 39.9 Å². The molecule has 4 heteroatoms. The zero-order valence-electron chi connectivity index (χ0n) is 10.8. The quantitative estimate of drug-likeness (QED) is 0.658. The van der Waals surface area contributed by atoms with Crippen LogP contribution in [0.4, 0.5) is 0 Å². The van der Waals surface area contributed by atoms with Gasteiger partial charge in [-0.15, -0.1) is 0 Å². The first-order valence-electron chi connectivity index (χ1n) is 5.61. The second-order valence-corrected chi connectivity index (χ2v) is 12.2. The molecule has 0 unspecified atom stereocenters. The van der Waals surface area contributed by atoms with Crippen LogP contribution >= 0.6 is 0 Å². The number of hydrogen-bond donors (Lipinski definition) is 0. The minimum Gasteiger partial charge on any atom is -0.392 e. The lowest BCUT2D eigenvalue weighted by Gasteiger charge is -2.32. The highest BCUT2D eigenvalue weighted by Crippen LogP contribution is 2.19. The second-order valence-electron chi connectivity index (χ2n) is 5.06. The third kappa shape index (κ3) is 6.76.